The first kappa shape index (κ1) is 14.2. The second kappa shape index (κ2) is 6.29. The molecule has 0 atom stereocenters. The molecule has 2 N–H and O–H groups in total. The third-order valence-corrected chi connectivity index (χ3v) is 3.81. The number of methoxy groups -OCH3 is 1. The van der Waals surface area contributed by atoms with Gasteiger partial charge in [-0.15, -0.1) is 11.8 Å². The lowest BCUT2D eigenvalue weighted by molar-refractivity contribution is -0.385. The van der Waals surface area contributed by atoms with Gasteiger partial charge in [0, 0.05) is 22.4 Å². The molecule has 0 aromatic heterocycles. The highest BCUT2D eigenvalue weighted by molar-refractivity contribution is 7.98. The fourth-order valence-electron chi connectivity index (χ4n) is 1.70. The SMILES string of the molecule is COc1ccc(CSc2ccc(N)cc2)cc1[N+](=O)[O-]. The zero-order chi connectivity index (χ0) is 14.5. The summed E-state index contributed by atoms with van der Waals surface area (Å²) in [5.41, 5.74) is 7.20. The van der Waals surface area contributed by atoms with E-state index < -0.39 is 4.92 Å². The minimum atomic E-state index is -0.434. The van der Waals surface area contributed by atoms with E-state index in [0.717, 1.165) is 16.1 Å². The van der Waals surface area contributed by atoms with E-state index in [1.165, 1.54) is 7.11 Å². The van der Waals surface area contributed by atoms with Gasteiger partial charge >= 0.3 is 5.69 Å². The molecule has 0 saturated heterocycles. The Morgan fingerprint density at radius 2 is 1.95 bits per heavy atom. The lowest BCUT2D eigenvalue weighted by atomic mass is 10.2. The molecule has 5 nitrogen and oxygen atoms in total. The van der Waals surface area contributed by atoms with Crippen molar-refractivity contribution in [3.8, 4) is 5.75 Å². The molecule has 6 heteroatoms. The number of benzene rings is 2. The van der Waals surface area contributed by atoms with E-state index in [9.17, 15) is 10.1 Å². The Hall–Kier alpha value is -2.21. The molecule has 104 valence electrons. The van der Waals surface area contributed by atoms with Crippen molar-refractivity contribution in [2.24, 2.45) is 0 Å². The molecule has 0 radical (unpaired) electrons. The van der Waals surface area contributed by atoms with Crippen LogP contribution in [-0.2, 0) is 5.75 Å². The Morgan fingerprint density at radius 3 is 2.55 bits per heavy atom. The van der Waals surface area contributed by atoms with Gasteiger partial charge in [-0.25, -0.2) is 0 Å². The van der Waals surface area contributed by atoms with Crippen LogP contribution in [0.25, 0.3) is 0 Å². The molecule has 0 bridgehead atoms. The molecule has 0 unspecified atom stereocenters. The van der Waals surface area contributed by atoms with Crippen LogP contribution in [-0.4, -0.2) is 12.0 Å². The van der Waals surface area contributed by atoms with Gasteiger partial charge in [0.2, 0.25) is 0 Å². The normalized spacial score (nSPS) is 10.2. The average Bonchev–Trinajstić information content (AvgIpc) is 2.46. The number of thioether (sulfide) groups is 1. The van der Waals surface area contributed by atoms with Gasteiger partial charge in [-0.2, -0.15) is 0 Å². The van der Waals surface area contributed by atoms with E-state index in [0.29, 0.717) is 5.75 Å². The van der Waals surface area contributed by atoms with E-state index in [-0.39, 0.29) is 11.4 Å². The van der Waals surface area contributed by atoms with Crippen LogP contribution in [0.1, 0.15) is 5.56 Å². The number of nitrogens with zero attached hydrogens (tertiary/aromatic N) is 1. The van der Waals surface area contributed by atoms with E-state index in [4.69, 9.17) is 10.5 Å². The molecule has 0 saturated carbocycles. The molecule has 0 aliphatic rings. The van der Waals surface area contributed by atoms with Crippen LogP contribution in [0.2, 0.25) is 0 Å². The highest BCUT2D eigenvalue weighted by atomic mass is 32.2. The summed E-state index contributed by atoms with van der Waals surface area (Å²) in [6.07, 6.45) is 0. The summed E-state index contributed by atoms with van der Waals surface area (Å²) in [5.74, 6) is 0.922. The molecule has 20 heavy (non-hydrogen) atoms. The minimum absolute atomic E-state index is 0.0112. The van der Waals surface area contributed by atoms with Crippen molar-refractivity contribution in [3.63, 3.8) is 0 Å². The lowest BCUT2D eigenvalue weighted by Crippen LogP contribution is -1.95. The fourth-order valence-corrected chi connectivity index (χ4v) is 2.54. The van der Waals surface area contributed by atoms with Crippen LogP contribution < -0.4 is 10.5 Å². The maximum Gasteiger partial charge on any atom is 0.311 e. The van der Waals surface area contributed by atoms with Gasteiger partial charge in [0.25, 0.3) is 0 Å². The van der Waals surface area contributed by atoms with Gasteiger partial charge in [0.1, 0.15) is 0 Å². The van der Waals surface area contributed by atoms with Crippen molar-refractivity contribution >= 4 is 23.1 Å². The number of ether oxygens (including phenoxy) is 1. The first-order chi connectivity index (χ1) is 9.60. The second-order valence-corrected chi connectivity index (χ2v) is 5.17. The average molecular weight is 290 g/mol. The summed E-state index contributed by atoms with van der Waals surface area (Å²) >= 11 is 1.60. The number of hydrogen-bond donors (Lipinski definition) is 1. The molecular formula is C14H14N2O3S. The maximum absolute atomic E-state index is 10.9. The Bertz CT molecular complexity index is 614. The quantitative estimate of drug-likeness (QED) is 0.395. The molecule has 0 aliphatic carbocycles. The minimum Gasteiger partial charge on any atom is -0.490 e. The van der Waals surface area contributed by atoms with Gasteiger partial charge in [0.05, 0.1) is 12.0 Å². The number of rotatable bonds is 5. The predicted octanol–water partition coefficient (Wildman–Crippen LogP) is 3.48. The largest absolute Gasteiger partial charge is 0.490 e. The third-order valence-electron chi connectivity index (χ3n) is 2.73. The number of nitrogens with two attached hydrogens (primary N) is 1. The highest BCUT2D eigenvalue weighted by Crippen LogP contribution is 2.30. The van der Waals surface area contributed by atoms with E-state index in [1.54, 1.807) is 23.9 Å². The lowest BCUT2D eigenvalue weighted by Gasteiger charge is -2.05. The number of anilines is 1. The van der Waals surface area contributed by atoms with Gasteiger partial charge in [-0.3, -0.25) is 10.1 Å². The van der Waals surface area contributed by atoms with Crippen molar-refractivity contribution in [2.75, 3.05) is 12.8 Å². The van der Waals surface area contributed by atoms with Gasteiger partial charge < -0.3 is 10.5 Å². The summed E-state index contributed by atoms with van der Waals surface area (Å²) in [6.45, 7) is 0. The number of hydrogen-bond acceptors (Lipinski definition) is 5. The van der Waals surface area contributed by atoms with Crippen molar-refractivity contribution in [3.05, 3.63) is 58.1 Å². The predicted molar refractivity (Wildman–Crippen MR) is 80.1 cm³/mol. The third kappa shape index (κ3) is 3.42. The van der Waals surface area contributed by atoms with Crippen LogP contribution in [0.15, 0.2) is 47.4 Å². The zero-order valence-electron chi connectivity index (χ0n) is 10.9. The van der Waals surface area contributed by atoms with E-state index >= 15 is 0 Å². The monoisotopic (exact) mass is 290 g/mol. The molecular weight excluding hydrogens is 276 g/mol. The maximum atomic E-state index is 10.9. The van der Waals surface area contributed by atoms with Crippen LogP contribution in [0.5, 0.6) is 5.75 Å². The van der Waals surface area contributed by atoms with Crippen molar-refractivity contribution in [1.82, 2.24) is 0 Å². The molecule has 2 aromatic carbocycles. The number of nitrogen functional groups attached to an aromatic ring is 1. The van der Waals surface area contributed by atoms with Crippen molar-refractivity contribution in [2.45, 2.75) is 10.6 Å². The van der Waals surface area contributed by atoms with Crippen LogP contribution in [0.4, 0.5) is 11.4 Å². The molecule has 2 rings (SSSR count). The molecule has 0 heterocycles. The topological polar surface area (TPSA) is 78.4 Å². The molecule has 0 amide bonds. The first-order valence-electron chi connectivity index (χ1n) is 5.90. The number of nitro benzene ring substituents is 1. The van der Waals surface area contributed by atoms with Crippen molar-refractivity contribution in [1.29, 1.82) is 0 Å². The van der Waals surface area contributed by atoms with E-state index in [1.807, 2.05) is 30.3 Å². The zero-order valence-corrected chi connectivity index (χ0v) is 11.7. The smallest absolute Gasteiger partial charge is 0.311 e. The summed E-state index contributed by atoms with van der Waals surface area (Å²) in [7, 11) is 1.42. The summed E-state index contributed by atoms with van der Waals surface area (Å²) in [6, 6.07) is 12.5. The standard InChI is InChI=1S/C14H14N2O3S/c1-19-14-7-2-10(8-13(14)16(17)18)9-20-12-5-3-11(15)4-6-12/h2-8H,9,15H2,1H3. The molecule has 0 fully saturated rings. The summed E-state index contributed by atoms with van der Waals surface area (Å²) in [4.78, 5) is 11.6. The van der Waals surface area contributed by atoms with Gasteiger partial charge in [0.15, 0.2) is 5.75 Å². The summed E-state index contributed by atoms with van der Waals surface area (Å²) < 4.78 is 4.98. The highest BCUT2D eigenvalue weighted by Gasteiger charge is 2.15. The number of nitro groups is 1. The fraction of sp³-hybridized carbons (Fsp3) is 0.143. The van der Waals surface area contributed by atoms with Crippen LogP contribution in [0.3, 0.4) is 0 Å². The van der Waals surface area contributed by atoms with Crippen LogP contribution in [0, 0.1) is 10.1 Å². The first-order valence-corrected chi connectivity index (χ1v) is 6.88. The Labute approximate surface area is 120 Å². The Balaban J connectivity index is 2.11. The summed E-state index contributed by atoms with van der Waals surface area (Å²) in [5, 5.41) is 10.9. The van der Waals surface area contributed by atoms with E-state index in [2.05, 4.69) is 0 Å². The second-order valence-electron chi connectivity index (χ2n) is 4.12. The molecule has 2 aromatic rings. The molecule has 0 aliphatic heterocycles. The van der Waals surface area contributed by atoms with Gasteiger partial charge in [-0.05, 0) is 35.9 Å². The Kier molecular flexibility index (Phi) is 4.47. The van der Waals surface area contributed by atoms with Crippen molar-refractivity contribution < 1.29 is 9.66 Å². The van der Waals surface area contributed by atoms with Gasteiger partial charge in [-0.1, -0.05) is 6.07 Å². The molecule has 0 spiro atoms. The Morgan fingerprint density at radius 1 is 1.25 bits per heavy atom. The van der Waals surface area contributed by atoms with Crippen LogP contribution >= 0.6 is 11.8 Å².